The Morgan fingerprint density at radius 3 is 2.59 bits per heavy atom. The standard InChI is InChI=1S/C26H33N3O5/c1-3-5-6-7-8-19-9-12-23(13-10-19)34-18-22(28-26(32)33-4-2)17-29-24-14-11-20(25(30)31)15-21(24)16-27-29/h9-16,22H,3-8,17-18H2,1-2H3,(H,28,32)(H,30,31). The van der Waals surface area contributed by atoms with Crippen molar-refractivity contribution in [2.24, 2.45) is 0 Å². The number of aromatic carboxylic acids is 1. The van der Waals surface area contributed by atoms with E-state index in [4.69, 9.17) is 9.47 Å². The van der Waals surface area contributed by atoms with Crippen LogP contribution in [0, 0.1) is 0 Å². The summed E-state index contributed by atoms with van der Waals surface area (Å²) in [7, 11) is 0. The smallest absolute Gasteiger partial charge is 0.407 e. The van der Waals surface area contributed by atoms with Gasteiger partial charge in [-0.1, -0.05) is 38.3 Å². The molecule has 3 aromatic rings. The number of carbonyl (C=O) groups excluding carboxylic acids is 1. The van der Waals surface area contributed by atoms with Gasteiger partial charge >= 0.3 is 12.1 Å². The zero-order chi connectivity index (χ0) is 24.3. The zero-order valence-electron chi connectivity index (χ0n) is 19.8. The predicted octanol–water partition coefficient (Wildman–Crippen LogP) is 5.05. The maximum absolute atomic E-state index is 12.1. The average molecular weight is 468 g/mol. The number of amides is 1. The number of hydrogen-bond acceptors (Lipinski definition) is 5. The van der Waals surface area contributed by atoms with Crippen molar-refractivity contribution in [2.45, 2.75) is 58.5 Å². The first kappa shape index (κ1) is 25.1. The Hall–Kier alpha value is -3.55. The topological polar surface area (TPSA) is 103 Å². The number of carboxylic acids is 1. The van der Waals surface area contributed by atoms with Crippen LogP contribution in [0.2, 0.25) is 0 Å². The van der Waals surface area contributed by atoms with E-state index >= 15 is 0 Å². The highest BCUT2D eigenvalue weighted by Gasteiger charge is 2.17. The molecule has 1 heterocycles. The van der Waals surface area contributed by atoms with Gasteiger partial charge in [-0.15, -0.1) is 0 Å². The van der Waals surface area contributed by atoms with Crippen LogP contribution in [-0.2, 0) is 17.7 Å². The molecule has 3 rings (SSSR count). The number of rotatable bonds is 13. The van der Waals surface area contributed by atoms with E-state index in [1.54, 1.807) is 29.9 Å². The molecular weight excluding hydrogens is 434 g/mol. The summed E-state index contributed by atoms with van der Waals surface area (Å²) in [6, 6.07) is 12.5. The third-order valence-corrected chi connectivity index (χ3v) is 5.57. The minimum absolute atomic E-state index is 0.199. The van der Waals surface area contributed by atoms with Crippen LogP contribution in [0.3, 0.4) is 0 Å². The van der Waals surface area contributed by atoms with E-state index in [1.165, 1.54) is 37.3 Å². The van der Waals surface area contributed by atoms with Crippen molar-refractivity contribution in [1.82, 2.24) is 15.1 Å². The predicted molar refractivity (Wildman–Crippen MR) is 130 cm³/mol. The highest BCUT2D eigenvalue weighted by Crippen LogP contribution is 2.18. The van der Waals surface area contributed by atoms with Crippen LogP contribution >= 0.6 is 0 Å². The number of unbranched alkanes of at least 4 members (excludes halogenated alkanes) is 3. The number of ether oxygens (including phenoxy) is 2. The van der Waals surface area contributed by atoms with Crippen LogP contribution in [-0.4, -0.2) is 46.2 Å². The van der Waals surface area contributed by atoms with E-state index in [2.05, 4.69) is 29.5 Å². The van der Waals surface area contributed by atoms with Crippen molar-refractivity contribution < 1.29 is 24.2 Å². The lowest BCUT2D eigenvalue weighted by Gasteiger charge is -2.20. The molecular formula is C26H33N3O5. The van der Waals surface area contributed by atoms with E-state index in [0.29, 0.717) is 11.9 Å². The van der Waals surface area contributed by atoms with Crippen LogP contribution in [0.15, 0.2) is 48.7 Å². The van der Waals surface area contributed by atoms with E-state index in [9.17, 15) is 14.7 Å². The van der Waals surface area contributed by atoms with Crippen molar-refractivity contribution in [3.05, 3.63) is 59.8 Å². The SMILES string of the molecule is CCCCCCc1ccc(OCC(Cn2ncc3cc(C(=O)O)ccc32)NC(=O)OCC)cc1. The Bertz CT molecular complexity index is 1080. The molecule has 0 spiro atoms. The van der Waals surface area contributed by atoms with E-state index in [-0.39, 0.29) is 18.8 Å². The van der Waals surface area contributed by atoms with Crippen LogP contribution in [0.4, 0.5) is 4.79 Å². The molecule has 2 N–H and O–H groups in total. The highest BCUT2D eigenvalue weighted by atomic mass is 16.5. The maximum atomic E-state index is 12.1. The van der Waals surface area contributed by atoms with Crippen molar-refractivity contribution in [1.29, 1.82) is 0 Å². The minimum atomic E-state index is -0.989. The Morgan fingerprint density at radius 1 is 1.09 bits per heavy atom. The van der Waals surface area contributed by atoms with E-state index in [1.807, 2.05) is 12.1 Å². The Morgan fingerprint density at radius 2 is 1.88 bits per heavy atom. The van der Waals surface area contributed by atoms with Gasteiger partial charge in [-0.25, -0.2) is 9.59 Å². The van der Waals surface area contributed by atoms with Crippen LogP contribution in [0.5, 0.6) is 5.75 Å². The maximum Gasteiger partial charge on any atom is 0.407 e. The lowest BCUT2D eigenvalue weighted by Crippen LogP contribution is -2.42. The fourth-order valence-corrected chi connectivity index (χ4v) is 3.76. The summed E-state index contributed by atoms with van der Waals surface area (Å²) in [5.41, 5.74) is 2.26. The third-order valence-electron chi connectivity index (χ3n) is 5.57. The number of fused-ring (bicyclic) bond motifs is 1. The summed E-state index contributed by atoms with van der Waals surface area (Å²) in [6.07, 6.45) is 7.07. The molecule has 8 heteroatoms. The number of aryl methyl sites for hydroxylation is 1. The average Bonchev–Trinajstić information content (AvgIpc) is 3.23. The summed E-state index contributed by atoms with van der Waals surface area (Å²) < 4.78 is 12.7. The Labute approximate surface area is 199 Å². The molecule has 0 aliphatic rings. The van der Waals surface area contributed by atoms with Crippen molar-refractivity contribution in [2.75, 3.05) is 13.2 Å². The van der Waals surface area contributed by atoms with Gasteiger partial charge in [0.15, 0.2) is 0 Å². The molecule has 1 amide bonds. The second kappa shape index (κ2) is 12.6. The summed E-state index contributed by atoms with van der Waals surface area (Å²) in [5.74, 6) is -0.263. The van der Waals surface area contributed by atoms with Crippen molar-refractivity contribution >= 4 is 23.0 Å². The lowest BCUT2D eigenvalue weighted by molar-refractivity contribution is 0.0697. The number of benzene rings is 2. The van der Waals surface area contributed by atoms with Gasteiger partial charge in [0, 0.05) is 5.39 Å². The summed E-state index contributed by atoms with van der Waals surface area (Å²) in [5, 5.41) is 17.1. The normalized spacial score (nSPS) is 11.8. The molecule has 2 aromatic carbocycles. The van der Waals surface area contributed by atoms with Gasteiger partial charge in [0.1, 0.15) is 12.4 Å². The molecule has 1 aromatic heterocycles. The summed E-state index contributed by atoms with van der Waals surface area (Å²) >= 11 is 0. The molecule has 8 nitrogen and oxygen atoms in total. The number of carboxylic acid groups (broad SMARTS) is 1. The second-order valence-corrected chi connectivity index (χ2v) is 8.23. The molecule has 0 saturated heterocycles. The Kier molecular flexibility index (Phi) is 9.31. The van der Waals surface area contributed by atoms with Crippen molar-refractivity contribution in [3.63, 3.8) is 0 Å². The molecule has 0 radical (unpaired) electrons. The molecule has 0 bridgehead atoms. The highest BCUT2D eigenvalue weighted by molar-refractivity contribution is 5.93. The van der Waals surface area contributed by atoms with Crippen molar-refractivity contribution in [3.8, 4) is 5.75 Å². The molecule has 34 heavy (non-hydrogen) atoms. The molecule has 1 unspecified atom stereocenters. The van der Waals surface area contributed by atoms with Gasteiger partial charge < -0.3 is 19.9 Å². The quantitative estimate of drug-likeness (QED) is 0.341. The van der Waals surface area contributed by atoms with Gasteiger partial charge in [-0.3, -0.25) is 4.68 Å². The van der Waals surface area contributed by atoms with Gasteiger partial charge in [0.2, 0.25) is 0 Å². The van der Waals surface area contributed by atoms with Gasteiger partial charge in [0.25, 0.3) is 0 Å². The number of nitrogens with one attached hydrogen (secondary N) is 1. The van der Waals surface area contributed by atoms with Gasteiger partial charge in [-0.05, 0) is 55.7 Å². The number of nitrogens with zero attached hydrogens (tertiary/aromatic N) is 2. The first-order chi connectivity index (χ1) is 16.5. The summed E-state index contributed by atoms with van der Waals surface area (Å²) in [6.45, 7) is 4.78. The lowest BCUT2D eigenvalue weighted by atomic mass is 10.1. The monoisotopic (exact) mass is 467 g/mol. The second-order valence-electron chi connectivity index (χ2n) is 8.23. The summed E-state index contributed by atoms with van der Waals surface area (Å²) in [4.78, 5) is 23.3. The molecule has 1 atom stereocenters. The molecule has 0 aliphatic carbocycles. The number of alkyl carbamates (subject to hydrolysis) is 1. The molecule has 182 valence electrons. The minimum Gasteiger partial charge on any atom is -0.491 e. The third kappa shape index (κ3) is 7.23. The van der Waals surface area contributed by atoms with Crippen LogP contribution in [0.25, 0.3) is 10.9 Å². The van der Waals surface area contributed by atoms with Gasteiger partial charge in [0.05, 0.1) is 36.5 Å². The Balaban J connectivity index is 1.65. The number of carbonyl (C=O) groups is 2. The first-order valence-corrected chi connectivity index (χ1v) is 11.8. The largest absolute Gasteiger partial charge is 0.491 e. The van der Waals surface area contributed by atoms with Crippen LogP contribution in [0.1, 0.15) is 55.5 Å². The number of aromatic nitrogens is 2. The van der Waals surface area contributed by atoms with Crippen LogP contribution < -0.4 is 10.1 Å². The fraction of sp³-hybridized carbons (Fsp3) is 0.423. The van der Waals surface area contributed by atoms with E-state index < -0.39 is 18.1 Å². The molecule has 0 fully saturated rings. The zero-order valence-corrected chi connectivity index (χ0v) is 19.8. The first-order valence-electron chi connectivity index (χ1n) is 11.8. The fourth-order valence-electron chi connectivity index (χ4n) is 3.76. The number of hydrogen-bond donors (Lipinski definition) is 2. The molecule has 0 saturated carbocycles. The molecule has 0 aliphatic heterocycles. The van der Waals surface area contributed by atoms with E-state index in [0.717, 1.165) is 17.7 Å². The van der Waals surface area contributed by atoms with Gasteiger partial charge in [-0.2, -0.15) is 5.10 Å².